The number of nitrogens with zero attached hydrogens (tertiary/aromatic N) is 2. The van der Waals surface area contributed by atoms with Gasteiger partial charge in [-0.2, -0.15) is 5.26 Å². The Kier molecular flexibility index (Phi) is 5.18. The molecule has 1 aromatic carbocycles. The van der Waals surface area contributed by atoms with E-state index in [0.717, 1.165) is 13.0 Å². The first kappa shape index (κ1) is 15.3. The zero-order valence-corrected chi connectivity index (χ0v) is 12.5. The molecule has 1 amide bonds. The Morgan fingerprint density at radius 2 is 2.24 bits per heavy atom. The molecule has 1 aromatic rings. The number of benzene rings is 1. The van der Waals surface area contributed by atoms with Gasteiger partial charge in [-0.15, -0.1) is 0 Å². The highest BCUT2D eigenvalue weighted by Crippen LogP contribution is 2.15. The number of rotatable bonds is 5. The van der Waals surface area contributed by atoms with E-state index in [-0.39, 0.29) is 5.91 Å². The second-order valence-corrected chi connectivity index (χ2v) is 5.42. The van der Waals surface area contributed by atoms with Crippen LogP contribution in [0.3, 0.4) is 0 Å². The van der Waals surface area contributed by atoms with Gasteiger partial charge in [0.25, 0.3) is 5.91 Å². The zero-order chi connectivity index (χ0) is 15.2. The van der Waals surface area contributed by atoms with Gasteiger partial charge in [-0.3, -0.25) is 4.79 Å². The van der Waals surface area contributed by atoms with Gasteiger partial charge in [0, 0.05) is 12.6 Å². The number of amides is 1. The topological polar surface area (TPSA) is 65.4 Å². The molecule has 5 nitrogen and oxygen atoms in total. The van der Waals surface area contributed by atoms with Crippen molar-refractivity contribution in [3.8, 4) is 11.8 Å². The molecule has 0 radical (unpaired) electrons. The van der Waals surface area contributed by atoms with Gasteiger partial charge in [-0.05, 0) is 57.6 Å². The van der Waals surface area contributed by atoms with Gasteiger partial charge >= 0.3 is 0 Å². The average Bonchev–Trinajstić information content (AvgIpc) is 2.90. The van der Waals surface area contributed by atoms with Gasteiger partial charge in [-0.1, -0.05) is 0 Å². The summed E-state index contributed by atoms with van der Waals surface area (Å²) in [6, 6.07) is 9.22. The second kappa shape index (κ2) is 7.09. The lowest BCUT2D eigenvalue weighted by molar-refractivity contribution is -0.127. The van der Waals surface area contributed by atoms with Crippen LogP contribution < -0.4 is 10.1 Å². The summed E-state index contributed by atoms with van der Waals surface area (Å²) in [5.74, 6) is 0.481. The first-order chi connectivity index (χ1) is 10.1. The van der Waals surface area contributed by atoms with Gasteiger partial charge in [0.2, 0.25) is 0 Å². The van der Waals surface area contributed by atoms with Gasteiger partial charge in [0.05, 0.1) is 11.6 Å². The maximum atomic E-state index is 12.0. The van der Waals surface area contributed by atoms with E-state index in [1.807, 2.05) is 6.07 Å². The number of likely N-dealkylation sites (tertiary alicyclic amines) is 1. The summed E-state index contributed by atoms with van der Waals surface area (Å²) in [6.45, 7) is 3.49. The lowest BCUT2D eigenvalue weighted by Gasteiger charge is -2.21. The largest absolute Gasteiger partial charge is 0.481 e. The van der Waals surface area contributed by atoms with Gasteiger partial charge < -0.3 is 15.0 Å². The molecule has 1 aliphatic rings. The maximum absolute atomic E-state index is 12.0. The fourth-order valence-corrected chi connectivity index (χ4v) is 2.46. The molecule has 2 atom stereocenters. The van der Waals surface area contributed by atoms with Crippen LogP contribution in [-0.4, -0.2) is 43.1 Å². The van der Waals surface area contributed by atoms with E-state index < -0.39 is 6.10 Å². The summed E-state index contributed by atoms with van der Waals surface area (Å²) < 4.78 is 5.58. The van der Waals surface area contributed by atoms with E-state index in [1.165, 1.54) is 6.42 Å². The van der Waals surface area contributed by atoms with Crippen LogP contribution in [0.15, 0.2) is 24.3 Å². The van der Waals surface area contributed by atoms with Crippen molar-refractivity contribution in [3.63, 3.8) is 0 Å². The zero-order valence-electron chi connectivity index (χ0n) is 12.5. The molecule has 0 bridgehead atoms. The fraction of sp³-hybridized carbons (Fsp3) is 0.500. The molecule has 0 aliphatic carbocycles. The van der Waals surface area contributed by atoms with Crippen molar-refractivity contribution < 1.29 is 9.53 Å². The summed E-state index contributed by atoms with van der Waals surface area (Å²) in [5.41, 5.74) is 0.573. The van der Waals surface area contributed by atoms with Crippen LogP contribution in [0, 0.1) is 11.3 Å². The Bertz CT molecular complexity index is 521. The molecule has 112 valence electrons. The Labute approximate surface area is 125 Å². The maximum Gasteiger partial charge on any atom is 0.260 e. The van der Waals surface area contributed by atoms with Crippen LogP contribution in [0.4, 0.5) is 0 Å². The summed E-state index contributed by atoms with van der Waals surface area (Å²) in [7, 11) is 2.08. The predicted molar refractivity (Wildman–Crippen MR) is 79.9 cm³/mol. The first-order valence-electron chi connectivity index (χ1n) is 7.25. The van der Waals surface area contributed by atoms with Crippen molar-refractivity contribution in [1.29, 1.82) is 5.26 Å². The highest BCUT2D eigenvalue weighted by atomic mass is 16.5. The minimum Gasteiger partial charge on any atom is -0.481 e. The molecule has 0 unspecified atom stereocenters. The molecule has 1 aliphatic heterocycles. The minimum atomic E-state index is -0.551. The van der Waals surface area contributed by atoms with Gasteiger partial charge in [0.15, 0.2) is 6.10 Å². The van der Waals surface area contributed by atoms with Crippen molar-refractivity contribution >= 4 is 5.91 Å². The SMILES string of the molecule is C[C@@H](Oc1ccc(C#N)cc1)C(=O)NC[C@@H]1CCCN1C. The third-order valence-corrected chi connectivity index (χ3v) is 3.85. The van der Waals surface area contributed by atoms with Crippen LogP contribution in [0.25, 0.3) is 0 Å². The van der Waals surface area contributed by atoms with Crippen LogP contribution in [0.5, 0.6) is 5.75 Å². The predicted octanol–water partition coefficient (Wildman–Crippen LogP) is 1.54. The van der Waals surface area contributed by atoms with Gasteiger partial charge in [0.1, 0.15) is 5.75 Å². The summed E-state index contributed by atoms with van der Waals surface area (Å²) in [5, 5.41) is 11.7. The minimum absolute atomic E-state index is 0.111. The van der Waals surface area contributed by atoms with E-state index in [4.69, 9.17) is 10.00 Å². The number of nitriles is 1. The molecular weight excluding hydrogens is 266 g/mol. The summed E-state index contributed by atoms with van der Waals surface area (Å²) >= 11 is 0. The molecule has 0 aromatic heterocycles. The van der Waals surface area contributed by atoms with E-state index in [1.54, 1.807) is 31.2 Å². The normalized spacial score (nSPS) is 19.8. The van der Waals surface area contributed by atoms with E-state index in [0.29, 0.717) is 23.9 Å². The third kappa shape index (κ3) is 4.20. The Balaban J connectivity index is 1.80. The number of carbonyl (C=O) groups is 1. The smallest absolute Gasteiger partial charge is 0.260 e. The molecule has 0 spiro atoms. The molecule has 5 heteroatoms. The molecule has 1 fully saturated rings. The number of likely N-dealkylation sites (N-methyl/N-ethyl adjacent to an activating group) is 1. The lowest BCUT2D eigenvalue weighted by atomic mass is 10.2. The second-order valence-electron chi connectivity index (χ2n) is 5.42. The third-order valence-electron chi connectivity index (χ3n) is 3.85. The monoisotopic (exact) mass is 287 g/mol. The standard InChI is InChI=1S/C16H21N3O2/c1-12(21-15-7-5-13(10-17)6-8-15)16(20)18-11-14-4-3-9-19(14)2/h5-8,12,14H,3-4,9,11H2,1-2H3,(H,18,20)/t12-,14+/m1/s1. The summed E-state index contributed by atoms with van der Waals surface area (Å²) in [6.07, 6.45) is 1.76. The molecule has 1 saturated heterocycles. The summed E-state index contributed by atoms with van der Waals surface area (Å²) in [4.78, 5) is 14.3. The quantitative estimate of drug-likeness (QED) is 0.892. The van der Waals surface area contributed by atoms with Crippen molar-refractivity contribution in [2.24, 2.45) is 0 Å². The van der Waals surface area contributed by atoms with Gasteiger partial charge in [-0.25, -0.2) is 0 Å². The van der Waals surface area contributed by atoms with Crippen molar-refractivity contribution in [1.82, 2.24) is 10.2 Å². The van der Waals surface area contributed by atoms with Crippen LogP contribution in [0.1, 0.15) is 25.3 Å². The highest BCUT2D eigenvalue weighted by Gasteiger charge is 2.22. The van der Waals surface area contributed by atoms with E-state index in [2.05, 4.69) is 17.3 Å². The van der Waals surface area contributed by atoms with E-state index in [9.17, 15) is 4.79 Å². The van der Waals surface area contributed by atoms with Crippen molar-refractivity contribution in [2.45, 2.75) is 31.9 Å². The average molecular weight is 287 g/mol. The number of nitrogens with one attached hydrogen (secondary N) is 1. The Hall–Kier alpha value is -2.06. The highest BCUT2D eigenvalue weighted by molar-refractivity contribution is 5.80. The van der Waals surface area contributed by atoms with Crippen LogP contribution in [-0.2, 0) is 4.79 Å². The number of hydrogen-bond acceptors (Lipinski definition) is 4. The van der Waals surface area contributed by atoms with Crippen LogP contribution in [0.2, 0.25) is 0 Å². The fourth-order valence-electron chi connectivity index (χ4n) is 2.46. The molecule has 0 saturated carbocycles. The van der Waals surface area contributed by atoms with Crippen LogP contribution >= 0.6 is 0 Å². The first-order valence-corrected chi connectivity index (χ1v) is 7.25. The molecule has 1 heterocycles. The number of ether oxygens (including phenoxy) is 1. The molecule has 1 N–H and O–H groups in total. The molecular formula is C16H21N3O2. The molecule has 2 rings (SSSR count). The Morgan fingerprint density at radius 1 is 1.52 bits per heavy atom. The number of hydrogen-bond donors (Lipinski definition) is 1. The van der Waals surface area contributed by atoms with Crippen molar-refractivity contribution in [2.75, 3.05) is 20.1 Å². The van der Waals surface area contributed by atoms with Crippen molar-refractivity contribution in [3.05, 3.63) is 29.8 Å². The molecule has 21 heavy (non-hydrogen) atoms. The number of carbonyl (C=O) groups excluding carboxylic acids is 1. The lowest BCUT2D eigenvalue weighted by Crippen LogP contribution is -2.43. The van der Waals surface area contributed by atoms with E-state index >= 15 is 0 Å². The Morgan fingerprint density at radius 3 is 2.81 bits per heavy atom.